The van der Waals surface area contributed by atoms with E-state index in [1.807, 2.05) is 36.4 Å². The molecule has 0 N–H and O–H groups in total. The minimum Gasteiger partial charge on any atom is -0.493 e. The van der Waals surface area contributed by atoms with Crippen LogP contribution in [0.2, 0.25) is 0 Å². The Kier molecular flexibility index (Phi) is 7.42. The van der Waals surface area contributed by atoms with Crippen molar-refractivity contribution in [2.24, 2.45) is 4.99 Å². The number of fused-ring (bicyclic) bond motifs is 1. The average molecular weight is 545 g/mol. The number of carbonyl (C=O) groups excluding carboxylic acids is 1. The highest BCUT2D eigenvalue weighted by Crippen LogP contribution is 2.31. The van der Waals surface area contributed by atoms with Crippen molar-refractivity contribution in [2.45, 2.75) is 19.6 Å². The van der Waals surface area contributed by atoms with E-state index in [2.05, 4.69) is 4.99 Å². The zero-order valence-electron chi connectivity index (χ0n) is 21.5. The number of aromatic nitrogens is 1. The first-order chi connectivity index (χ1) is 18.9. The van der Waals surface area contributed by atoms with Crippen LogP contribution in [-0.2, 0) is 16.1 Å². The summed E-state index contributed by atoms with van der Waals surface area (Å²) < 4.78 is 32.0. The van der Waals surface area contributed by atoms with E-state index in [4.69, 9.17) is 14.2 Å². The molecular weight excluding hydrogens is 519 g/mol. The predicted molar refractivity (Wildman–Crippen MR) is 146 cm³/mol. The minimum absolute atomic E-state index is 0.0658. The SMILES string of the molecule is COc1ccc(/C=c2\sc3n(c2=O)C(c2ccc(F)cc2)C(C(=O)OCc2ccccc2)=C(C)N=3)cc1OC. The van der Waals surface area contributed by atoms with Gasteiger partial charge in [0.15, 0.2) is 16.3 Å². The van der Waals surface area contributed by atoms with E-state index >= 15 is 0 Å². The maximum absolute atomic E-state index is 13.8. The zero-order chi connectivity index (χ0) is 27.5. The Hall–Kier alpha value is -4.50. The van der Waals surface area contributed by atoms with Gasteiger partial charge in [-0.05, 0) is 54.0 Å². The Morgan fingerprint density at radius 3 is 2.44 bits per heavy atom. The summed E-state index contributed by atoms with van der Waals surface area (Å²) in [4.78, 5) is 32.2. The second kappa shape index (κ2) is 11.1. The van der Waals surface area contributed by atoms with Crippen LogP contribution in [0.5, 0.6) is 11.5 Å². The van der Waals surface area contributed by atoms with Crippen LogP contribution in [0.1, 0.15) is 29.7 Å². The van der Waals surface area contributed by atoms with Crippen LogP contribution in [0.15, 0.2) is 93.9 Å². The lowest BCUT2D eigenvalue weighted by Gasteiger charge is -2.24. The van der Waals surface area contributed by atoms with Gasteiger partial charge in [-0.1, -0.05) is 59.9 Å². The lowest BCUT2D eigenvalue weighted by Crippen LogP contribution is -2.39. The number of allylic oxidation sites excluding steroid dienone is 1. The van der Waals surface area contributed by atoms with Gasteiger partial charge in [0.2, 0.25) is 0 Å². The molecule has 3 aromatic carbocycles. The van der Waals surface area contributed by atoms with Crippen LogP contribution >= 0.6 is 11.3 Å². The van der Waals surface area contributed by atoms with Gasteiger partial charge < -0.3 is 14.2 Å². The molecule has 39 heavy (non-hydrogen) atoms. The van der Waals surface area contributed by atoms with Crippen molar-refractivity contribution >= 4 is 23.4 Å². The number of hydrogen-bond acceptors (Lipinski definition) is 7. The number of benzene rings is 3. The van der Waals surface area contributed by atoms with Gasteiger partial charge in [-0.25, -0.2) is 14.2 Å². The number of nitrogens with zero attached hydrogens (tertiary/aromatic N) is 2. The van der Waals surface area contributed by atoms with Gasteiger partial charge in [-0.15, -0.1) is 0 Å². The van der Waals surface area contributed by atoms with E-state index in [1.165, 1.54) is 28.0 Å². The molecule has 1 unspecified atom stereocenters. The van der Waals surface area contributed by atoms with Gasteiger partial charge in [0.25, 0.3) is 5.56 Å². The molecule has 0 spiro atoms. The molecule has 0 bridgehead atoms. The maximum Gasteiger partial charge on any atom is 0.338 e. The molecule has 0 radical (unpaired) electrons. The van der Waals surface area contributed by atoms with E-state index in [0.29, 0.717) is 32.1 Å². The van der Waals surface area contributed by atoms with Crippen molar-refractivity contribution in [2.75, 3.05) is 14.2 Å². The Morgan fingerprint density at radius 2 is 1.74 bits per heavy atom. The summed E-state index contributed by atoms with van der Waals surface area (Å²) in [5, 5.41) is 0. The first-order valence-electron chi connectivity index (χ1n) is 12.1. The number of rotatable bonds is 7. The van der Waals surface area contributed by atoms with Crippen molar-refractivity contribution in [1.82, 2.24) is 4.57 Å². The van der Waals surface area contributed by atoms with Crippen LogP contribution in [0.4, 0.5) is 4.39 Å². The molecule has 5 rings (SSSR count). The number of thiazole rings is 1. The van der Waals surface area contributed by atoms with Gasteiger partial charge in [0.1, 0.15) is 12.4 Å². The Bertz CT molecular complexity index is 1740. The molecular formula is C30H25FN2O5S. The molecule has 0 saturated heterocycles. The highest BCUT2D eigenvalue weighted by Gasteiger charge is 2.33. The highest BCUT2D eigenvalue weighted by molar-refractivity contribution is 7.07. The molecule has 1 aliphatic heterocycles. The molecule has 1 aliphatic rings. The number of halogens is 1. The lowest BCUT2D eigenvalue weighted by molar-refractivity contribution is -0.140. The molecule has 1 aromatic heterocycles. The lowest BCUT2D eigenvalue weighted by atomic mass is 9.96. The standard InChI is InChI=1S/C30H25FN2O5S/c1-18-26(29(35)38-17-19-7-5-4-6-8-19)27(21-10-12-22(31)13-11-21)33-28(34)25(39-30(33)32-18)16-20-9-14-23(36-2)24(15-20)37-3/h4-16,27H,17H2,1-3H3/b25-16-. The smallest absolute Gasteiger partial charge is 0.338 e. The molecule has 0 amide bonds. The molecule has 7 nitrogen and oxygen atoms in total. The number of esters is 1. The van der Waals surface area contributed by atoms with E-state index in [9.17, 15) is 14.0 Å². The molecule has 2 heterocycles. The molecule has 9 heteroatoms. The first-order valence-corrected chi connectivity index (χ1v) is 12.9. The Balaban J connectivity index is 1.61. The number of hydrogen-bond donors (Lipinski definition) is 0. The second-order valence-electron chi connectivity index (χ2n) is 8.81. The zero-order valence-corrected chi connectivity index (χ0v) is 22.3. The molecule has 0 saturated carbocycles. The van der Waals surface area contributed by atoms with Crippen LogP contribution in [0.25, 0.3) is 6.08 Å². The molecule has 0 fully saturated rings. The molecule has 1 atom stereocenters. The third-order valence-corrected chi connectivity index (χ3v) is 7.33. The van der Waals surface area contributed by atoms with Gasteiger partial charge in [-0.3, -0.25) is 9.36 Å². The van der Waals surface area contributed by atoms with Gasteiger partial charge >= 0.3 is 5.97 Å². The van der Waals surface area contributed by atoms with Crippen molar-refractivity contribution in [3.05, 3.63) is 126 Å². The summed E-state index contributed by atoms with van der Waals surface area (Å²) >= 11 is 1.21. The van der Waals surface area contributed by atoms with Gasteiger partial charge in [-0.2, -0.15) is 0 Å². The fraction of sp³-hybridized carbons (Fsp3) is 0.167. The topological polar surface area (TPSA) is 79.1 Å². The van der Waals surface area contributed by atoms with Crippen LogP contribution in [0, 0.1) is 5.82 Å². The second-order valence-corrected chi connectivity index (χ2v) is 9.82. The van der Waals surface area contributed by atoms with Crippen LogP contribution in [-0.4, -0.2) is 24.8 Å². The fourth-order valence-corrected chi connectivity index (χ4v) is 5.48. The van der Waals surface area contributed by atoms with E-state index in [-0.39, 0.29) is 17.7 Å². The maximum atomic E-state index is 13.8. The minimum atomic E-state index is -0.835. The van der Waals surface area contributed by atoms with Gasteiger partial charge in [0.05, 0.1) is 36.1 Å². The fourth-order valence-electron chi connectivity index (χ4n) is 4.44. The monoisotopic (exact) mass is 544 g/mol. The molecule has 0 aliphatic carbocycles. The van der Waals surface area contributed by atoms with Crippen molar-refractivity contribution in [3.63, 3.8) is 0 Å². The van der Waals surface area contributed by atoms with Crippen LogP contribution < -0.4 is 24.4 Å². The highest BCUT2D eigenvalue weighted by atomic mass is 32.1. The predicted octanol–water partition coefficient (Wildman–Crippen LogP) is 4.13. The van der Waals surface area contributed by atoms with E-state index in [1.54, 1.807) is 51.5 Å². The third-order valence-electron chi connectivity index (χ3n) is 6.35. The molecule has 4 aromatic rings. The normalized spacial score (nSPS) is 15.0. The number of methoxy groups -OCH3 is 2. The van der Waals surface area contributed by atoms with E-state index in [0.717, 1.165) is 11.1 Å². The van der Waals surface area contributed by atoms with Crippen molar-refractivity contribution in [3.8, 4) is 11.5 Å². The molecule has 198 valence electrons. The number of carbonyl (C=O) groups is 1. The summed E-state index contributed by atoms with van der Waals surface area (Å²) in [5.74, 6) is 0.0846. The van der Waals surface area contributed by atoms with Gasteiger partial charge in [0, 0.05) is 0 Å². The third kappa shape index (κ3) is 5.26. The summed E-state index contributed by atoms with van der Waals surface area (Å²) in [7, 11) is 3.09. The Morgan fingerprint density at radius 1 is 1.03 bits per heavy atom. The summed E-state index contributed by atoms with van der Waals surface area (Å²) in [5.41, 5.74) is 2.45. The van der Waals surface area contributed by atoms with E-state index < -0.39 is 17.8 Å². The van der Waals surface area contributed by atoms with Crippen molar-refractivity contribution in [1.29, 1.82) is 0 Å². The Labute approximate surface area is 227 Å². The first kappa shape index (κ1) is 26.1. The largest absolute Gasteiger partial charge is 0.493 e. The van der Waals surface area contributed by atoms with Crippen molar-refractivity contribution < 1.29 is 23.4 Å². The average Bonchev–Trinajstić information content (AvgIpc) is 3.25. The number of ether oxygens (including phenoxy) is 3. The van der Waals surface area contributed by atoms with Crippen LogP contribution in [0.3, 0.4) is 0 Å². The summed E-state index contributed by atoms with van der Waals surface area (Å²) in [6, 6.07) is 19.6. The quantitative estimate of drug-likeness (QED) is 0.327. The summed E-state index contributed by atoms with van der Waals surface area (Å²) in [6.45, 7) is 1.78. The summed E-state index contributed by atoms with van der Waals surface area (Å²) in [6.07, 6.45) is 1.74.